The van der Waals surface area contributed by atoms with Crippen LogP contribution in [0.4, 0.5) is 0 Å². The highest BCUT2D eigenvalue weighted by Crippen LogP contribution is 2.27. The molecule has 2 aromatic rings. The van der Waals surface area contributed by atoms with E-state index in [-0.39, 0.29) is 0 Å². The van der Waals surface area contributed by atoms with Gasteiger partial charge in [0.05, 0.1) is 0 Å². The normalized spacial score (nSPS) is 12.4. The second-order valence-electron chi connectivity index (χ2n) is 4.11. The van der Waals surface area contributed by atoms with Crippen LogP contribution >= 0.6 is 15.9 Å². The summed E-state index contributed by atoms with van der Waals surface area (Å²) < 4.78 is 1.21. The van der Waals surface area contributed by atoms with Gasteiger partial charge in [-0.2, -0.15) is 0 Å². The molecule has 0 spiro atoms. The van der Waals surface area contributed by atoms with E-state index in [9.17, 15) is 0 Å². The standard InChI is InChI=1S/C15H15Br/c1-12(11-13-7-3-2-4-8-13)14-9-5-6-10-15(14)16/h2-10,12H,11H2,1H3. The summed E-state index contributed by atoms with van der Waals surface area (Å²) in [6.07, 6.45) is 1.09. The van der Waals surface area contributed by atoms with Gasteiger partial charge in [0, 0.05) is 4.47 Å². The van der Waals surface area contributed by atoms with Crippen molar-refractivity contribution in [2.45, 2.75) is 19.3 Å². The first-order chi connectivity index (χ1) is 7.77. The van der Waals surface area contributed by atoms with E-state index in [0.29, 0.717) is 5.92 Å². The van der Waals surface area contributed by atoms with E-state index in [4.69, 9.17) is 0 Å². The van der Waals surface area contributed by atoms with Gasteiger partial charge in [-0.3, -0.25) is 0 Å². The molecular formula is C15H15Br. The lowest BCUT2D eigenvalue weighted by Gasteiger charge is -2.13. The first-order valence-corrected chi connectivity index (χ1v) is 6.35. The number of hydrogen-bond acceptors (Lipinski definition) is 0. The Morgan fingerprint density at radius 1 is 0.938 bits per heavy atom. The summed E-state index contributed by atoms with van der Waals surface area (Å²) in [6, 6.07) is 19.1. The van der Waals surface area contributed by atoms with Gasteiger partial charge < -0.3 is 0 Å². The lowest BCUT2D eigenvalue weighted by Crippen LogP contribution is -1.99. The maximum Gasteiger partial charge on any atom is 0.0210 e. The van der Waals surface area contributed by atoms with Gasteiger partial charge >= 0.3 is 0 Å². The predicted molar refractivity (Wildman–Crippen MR) is 72.7 cm³/mol. The van der Waals surface area contributed by atoms with Crippen LogP contribution in [-0.2, 0) is 6.42 Å². The van der Waals surface area contributed by atoms with Crippen molar-refractivity contribution in [3.63, 3.8) is 0 Å². The van der Waals surface area contributed by atoms with Crippen LogP contribution in [0, 0.1) is 0 Å². The van der Waals surface area contributed by atoms with E-state index in [0.717, 1.165) is 6.42 Å². The van der Waals surface area contributed by atoms with E-state index >= 15 is 0 Å². The molecule has 0 aliphatic carbocycles. The summed E-state index contributed by atoms with van der Waals surface area (Å²) in [7, 11) is 0. The Kier molecular flexibility index (Phi) is 3.79. The van der Waals surface area contributed by atoms with Crippen molar-refractivity contribution in [2.75, 3.05) is 0 Å². The molecule has 0 saturated heterocycles. The summed E-state index contributed by atoms with van der Waals surface area (Å²) >= 11 is 3.61. The number of rotatable bonds is 3. The molecule has 82 valence electrons. The third kappa shape index (κ3) is 2.73. The van der Waals surface area contributed by atoms with Crippen LogP contribution in [0.25, 0.3) is 0 Å². The Labute approximate surface area is 105 Å². The van der Waals surface area contributed by atoms with Gasteiger partial charge in [0.1, 0.15) is 0 Å². The topological polar surface area (TPSA) is 0 Å². The minimum Gasteiger partial charge on any atom is -0.0622 e. The Morgan fingerprint density at radius 2 is 1.56 bits per heavy atom. The quantitative estimate of drug-likeness (QED) is 0.755. The molecule has 2 aromatic carbocycles. The molecule has 0 radical (unpaired) electrons. The van der Waals surface area contributed by atoms with Gasteiger partial charge in [0.15, 0.2) is 0 Å². The number of halogens is 1. The van der Waals surface area contributed by atoms with E-state index in [1.807, 2.05) is 0 Å². The van der Waals surface area contributed by atoms with E-state index < -0.39 is 0 Å². The highest BCUT2D eigenvalue weighted by Gasteiger charge is 2.09. The van der Waals surface area contributed by atoms with Crippen molar-refractivity contribution in [3.05, 3.63) is 70.2 Å². The Morgan fingerprint density at radius 3 is 2.25 bits per heavy atom. The zero-order valence-electron chi connectivity index (χ0n) is 9.36. The van der Waals surface area contributed by atoms with Gasteiger partial charge in [0.25, 0.3) is 0 Å². The lowest BCUT2D eigenvalue weighted by molar-refractivity contribution is 0.755. The zero-order valence-corrected chi connectivity index (χ0v) is 10.9. The molecule has 0 aliphatic heterocycles. The average molecular weight is 275 g/mol. The van der Waals surface area contributed by atoms with Crippen LogP contribution in [0.15, 0.2) is 59.1 Å². The molecule has 0 aliphatic rings. The van der Waals surface area contributed by atoms with Crippen molar-refractivity contribution in [3.8, 4) is 0 Å². The van der Waals surface area contributed by atoms with Gasteiger partial charge in [0.2, 0.25) is 0 Å². The fraction of sp³-hybridized carbons (Fsp3) is 0.200. The molecule has 0 amide bonds. The molecule has 0 nitrogen and oxygen atoms in total. The van der Waals surface area contributed by atoms with Crippen molar-refractivity contribution in [1.82, 2.24) is 0 Å². The molecule has 1 unspecified atom stereocenters. The van der Waals surface area contributed by atoms with Crippen molar-refractivity contribution >= 4 is 15.9 Å². The van der Waals surface area contributed by atoms with Crippen LogP contribution in [-0.4, -0.2) is 0 Å². The monoisotopic (exact) mass is 274 g/mol. The van der Waals surface area contributed by atoms with E-state index in [2.05, 4.69) is 77.5 Å². The van der Waals surface area contributed by atoms with Crippen LogP contribution in [0.1, 0.15) is 24.0 Å². The van der Waals surface area contributed by atoms with Gasteiger partial charge in [-0.1, -0.05) is 71.4 Å². The molecule has 0 bridgehead atoms. The predicted octanol–water partition coefficient (Wildman–Crippen LogP) is 4.80. The van der Waals surface area contributed by atoms with Crippen LogP contribution < -0.4 is 0 Å². The molecule has 0 saturated carbocycles. The van der Waals surface area contributed by atoms with Gasteiger partial charge in [-0.15, -0.1) is 0 Å². The van der Waals surface area contributed by atoms with Gasteiger partial charge in [-0.05, 0) is 29.5 Å². The number of benzene rings is 2. The first-order valence-electron chi connectivity index (χ1n) is 5.55. The highest BCUT2D eigenvalue weighted by molar-refractivity contribution is 9.10. The molecular weight excluding hydrogens is 260 g/mol. The second-order valence-corrected chi connectivity index (χ2v) is 4.97. The molecule has 1 heteroatoms. The lowest BCUT2D eigenvalue weighted by atomic mass is 9.94. The van der Waals surface area contributed by atoms with Crippen molar-refractivity contribution in [2.24, 2.45) is 0 Å². The first kappa shape index (κ1) is 11.4. The van der Waals surface area contributed by atoms with Crippen LogP contribution in [0.3, 0.4) is 0 Å². The molecule has 2 rings (SSSR count). The van der Waals surface area contributed by atoms with Crippen LogP contribution in [0.5, 0.6) is 0 Å². The SMILES string of the molecule is CC(Cc1ccccc1)c1ccccc1Br. The molecule has 0 heterocycles. The van der Waals surface area contributed by atoms with E-state index in [1.54, 1.807) is 0 Å². The van der Waals surface area contributed by atoms with Gasteiger partial charge in [-0.25, -0.2) is 0 Å². The van der Waals surface area contributed by atoms with Crippen molar-refractivity contribution < 1.29 is 0 Å². The maximum absolute atomic E-state index is 3.61. The second kappa shape index (κ2) is 5.31. The fourth-order valence-corrected chi connectivity index (χ4v) is 2.63. The summed E-state index contributed by atoms with van der Waals surface area (Å²) in [5.74, 6) is 0.540. The zero-order chi connectivity index (χ0) is 11.4. The smallest absolute Gasteiger partial charge is 0.0210 e. The molecule has 16 heavy (non-hydrogen) atoms. The molecule has 0 fully saturated rings. The average Bonchev–Trinajstić information content (AvgIpc) is 2.31. The Bertz CT molecular complexity index is 448. The molecule has 0 aromatic heterocycles. The Hall–Kier alpha value is -1.08. The maximum atomic E-state index is 3.61. The Balaban J connectivity index is 2.15. The minimum absolute atomic E-state index is 0.540. The summed E-state index contributed by atoms with van der Waals surface area (Å²) in [5.41, 5.74) is 2.78. The minimum atomic E-state index is 0.540. The molecule has 1 atom stereocenters. The van der Waals surface area contributed by atoms with E-state index in [1.165, 1.54) is 15.6 Å². The highest BCUT2D eigenvalue weighted by atomic mass is 79.9. The fourth-order valence-electron chi connectivity index (χ4n) is 1.95. The third-order valence-corrected chi connectivity index (χ3v) is 3.54. The third-order valence-electron chi connectivity index (χ3n) is 2.82. The summed E-state index contributed by atoms with van der Waals surface area (Å²) in [6.45, 7) is 2.27. The van der Waals surface area contributed by atoms with Crippen LogP contribution in [0.2, 0.25) is 0 Å². The summed E-state index contributed by atoms with van der Waals surface area (Å²) in [4.78, 5) is 0. The number of hydrogen-bond donors (Lipinski definition) is 0. The molecule has 0 N–H and O–H groups in total. The van der Waals surface area contributed by atoms with Crippen molar-refractivity contribution in [1.29, 1.82) is 0 Å². The largest absolute Gasteiger partial charge is 0.0622 e. The summed E-state index contributed by atoms with van der Waals surface area (Å²) in [5, 5.41) is 0.